The van der Waals surface area contributed by atoms with E-state index in [1.807, 2.05) is 19.1 Å². The predicted octanol–water partition coefficient (Wildman–Crippen LogP) is 4.55. The van der Waals surface area contributed by atoms with Crippen molar-refractivity contribution in [1.29, 1.82) is 0 Å². The maximum Gasteiger partial charge on any atom is 0.264 e. The summed E-state index contributed by atoms with van der Waals surface area (Å²) >= 11 is 0. The molecule has 1 N–H and O–H groups in total. The summed E-state index contributed by atoms with van der Waals surface area (Å²) in [5, 5.41) is 2.83. The van der Waals surface area contributed by atoms with Gasteiger partial charge in [-0.05, 0) is 62.4 Å². The second-order valence-electron chi connectivity index (χ2n) is 6.41. The fraction of sp³-hybridized carbons (Fsp3) is 0.174. The first-order valence-electron chi connectivity index (χ1n) is 9.68. The summed E-state index contributed by atoms with van der Waals surface area (Å²) in [6, 6.07) is 22.0. The summed E-state index contributed by atoms with van der Waals surface area (Å²) < 4.78 is 32.8. The zero-order chi connectivity index (χ0) is 21.6. The van der Waals surface area contributed by atoms with Gasteiger partial charge in [-0.2, -0.15) is 0 Å². The molecule has 0 aliphatic carbocycles. The van der Waals surface area contributed by atoms with Crippen LogP contribution >= 0.6 is 0 Å². The summed E-state index contributed by atoms with van der Waals surface area (Å²) in [7, 11) is -3.68. The fourth-order valence-corrected chi connectivity index (χ4v) is 4.53. The van der Waals surface area contributed by atoms with Crippen molar-refractivity contribution in [2.45, 2.75) is 18.7 Å². The molecule has 0 unspecified atom stereocenters. The van der Waals surface area contributed by atoms with Crippen LogP contribution in [0.4, 0.5) is 11.4 Å². The highest BCUT2D eigenvalue weighted by atomic mass is 32.2. The Morgan fingerprint density at radius 1 is 0.900 bits per heavy atom. The number of rotatable bonds is 8. The van der Waals surface area contributed by atoms with E-state index in [0.717, 1.165) is 0 Å². The van der Waals surface area contributed by atoms with E-state index in [1.54, 1.807) is 73.7 Å². The van der Waals surface area contributed by atoms with Crippen molar-refractivity contribution >= 4 is 27.3 Å². The van der Waals surface area contributed by atoms with E-state index in [-0.39, 0.29) is 17.3 Å². The van der Waals surface area contributed by atoms with Gasteiger partial charge in [0.2, 0.25) is 0 Å². The molecule has 0 radical (unpaired) electrons. The van der Waals surface area contributed by atoms with E-state index in [4.69, 9.17) is 4.74 Å². The lowest BCUT2D eigenvalue weighted by molar-refractivity contribution is 0.102. The molecular weight excluding hydrogens is 400 g/mol. The highest BCUT2D eigenvalue weighted by molar-refractivity contribution is 7.92. The molecule has 3 aromatic rings. The third kappa shape index (κ3) is 4.63. The predicted molar refractivity (Wildman–Crippen MR) is 119 cm³/mol. The number of ether oxygens (including phenoxy) is 1. The number of sulfonamides is 1. The van der Waals surface area contributed by atoms with Crippen LogP contribution < -0.4 is 14.4 Å². The summed E-state index contributed by atoms with van der Waals surface area (Å²) in [6.07, 6.45) is 0. The van der Waals surface area contributed by atoms with Crippen molar-refractivity contribution in [2.75, 3.05) is 22.8 Å². The van der Waals surface area contributed by atoms with Crippen LogP contribution in [0.3, 0.4) is 0 Å². The maximum absolute atomic E-state index is 13.0. The second-order valence-corrected chi connectivity index (χ2v) is 8.28. The average Bonchev–Trinajstić information content (AvgIpc) is 2.76. The SMILES string of the molecule is CCOc1ccccc1NC(=O)c1ccc(N(CC)S(=O)(=O)c2ccccc2)cc1. The van der Waals surface area contributed by atoms with E-state index in [2.05, 4.69) is 5.32 Å². The van der Waals surface area contributed by atoms with Gasteiger partial charge in [0.1, 0.15) is 5.75 Å². The third-order valence-electron chi connectivity index (χ3n) is 4.47. The van der Waals surface area contributed by atoms with Crippen LogP contribution in [0.15, 0.2) is 83.8 Å². The van der Waals surface area contributed by atoms with Gasteiger partial charge in [-0.3, -0.25) is 9.10 Å². The number of hydrogen-bond acceptors (Lipinski definition) is 4. The Bertz CT molecular complexity index is 1100. The number of hydrogen-bond donors (Lipinski definition) is 1. The Labute approximate surface area is 177 Å². The van der Waals surface area contributed by atoms with E-state index in [1.165, 1.54) is 4.31 Å². The zero-order valence-corrected chi connectivity index (χ0v) is 17.7. The van der Waals surface area contributed by atoms with Gasteiger partial charge in [-0.1, -0.05) is 30.3 Å². The molecule has 0 atom stereocenters. The van der Waals surface area contributed by atoms with Crippen LogP contribution in [-0.2, 0) is 10.0 Å². The Morgan fingerprint density at radius 2 is 1.53 bits per heavy atom. The third-order valence-corrected chi connectivity index (χ3v) is 6.39. The van der Waals surface area contributed by atoms with E-state index >= 15 is 0 Å². The summed E-state index contributed by atoms with van der Waals surface area (Å²) in [5.41, 5.74) is 1.49. The topological polar surface area (TPSA) is 75.7 Å². The molecule has 0 bridgehead atoms. The first-order valence-corrected chi connectivity index (χ1v) is 11.1. The number of benzene rings is 3. The number of nitrogens with one attached hydrogen (secondary N) is 1. The van der Waals surface area contributed by atoms with E-state index < -0.39 is 10.0 Å². The second kappa shape index (κ2) is 9.45. The largest absolute Gasteiger partial charge is 0.492 e. The van der Waals surface area contributed by atoms with Gasteiger partial charge in [0.05, 0.1) is 22.9 Å². The monoisotopic (exact) mass is 424 g/mol. The van der Waals surface area contributed by atoms with Gasteiger partial charge >= 0.3 is 0 Å². The normalized spacial score (nSPS) is 11.0. The number of carbonyl (C=O) groups excluding carboxylic acids is 1. The highest BCUT2D eigenvalue weighted by Gasteiger charge is 2.23. The standard InChI is InChI=1S/C23H24N2O4S/c1-3-25(30(27,28)20-10-6-5-7-11-20)19-16-14-18(15-17-19)23(26)24-21-12-8-9-13-22(21)29-4-2/h5-17H,3-4H2,1-2H3,(H,24,26). The van der Waals surface area contributed by atoms with Gasteiger partial charge in [-0.15, -0.1) is 0 Å². The first-order chi connectivity index (χ1) is 14.5. The molecule has 1 amide bonds. The van der Waals surface area contributed by atoms with Crippen LogP contribution in [0.5, 0.6) is 5.75 Å². The molecule has 156 valence electrons. The molecule has 0 aromatic heterocycles. The molecule has 30 heavy (non-hydrogen) atoms. The average molecular weight is 425 g/mol. The molecule has 3 aromatic carbocycles. The van der Waals surface area contributed by atoms with Crippen molar-refractivity contribution in [1.82, 2.24) is 0 Å². The first kappa shape index (κ1) is 21.4. The molecule has 0 aliphatic rings. The van der Waals surface area contributed by atoms with Gasteiger partial charge in [0.15, 0.2) is 0 Å². The Hall–Kier alpha value is -3.32. The van der Waals surface area contributed by atoms with Gasteiger partial charge < -0.3 is 10.1 Å². The number of nitrogens with zero attached hydrogens (tertiary/aromatic N) is 1. The Balaban J connectivity index is 1.81. The minimum atomic E-state index is -3.68. The highest BCUT2D eigenvalue weighted by Crippen LogP contribution is 2.26. The number of carbonyl (C=O) groups is 1. The van der Waals surface area contributed by atoms with Crippen LogP contribution in [-0.4, -0.2) is 27.5 Å². The molecule has 6 nitrogen and oxygen atoms in total. The van der Waals surface area contributed by atoms with Crippen LogP contribution in [0.1, 0.15) is 24.2 Å². The lowest BCUT2D eigenvalue weighted by atomic mass is 10.2. The molecule has 7 heteroatoms. The molecule has 0 aliphatic heterocycles. The fourth-order valence-electron chi connectivity index (χ4n) is 3.04. The quantitative estimate of drug-likeness (QED) is 0.575. The minimum Gasteiger partial charge on any atom is -0.492 e. The van der Waals surface area contributed by atoms with Gasteiger partial charge in [-0.25, -0.2) is 8.42 Å². The van der Waals surface area contributed by atoms with E-state index in [0.29, 0.717) is 29.3 Å². The minimum absolute atomic E-state index is 0.223. The van der Waals surface area contributed by atoms with Crippen molar-refractivity contribution in [3.63, 3.8) is 0 Å². The summed E-state index contributed by atoms with van der Waals surface area (Å²) in [5.74, 6) is 0.291. The molecule has 0 heterocycles. The van der Waals surface area contributed by atoms with Gasteiger partial charge in [0, 0.05) is 12.1 Å². The molecule has 0 fully saturated rings. The number of amides is 1. The lowest BCUT2D eigenvalue weighted by Crippen LogP contribution is -2.30. The Morgan fingerprint density at radius 3 is 2.17 bits per heavy atom. The molecule has 0 saturated heterocycles. The summed E-state index contributed by atoms with van der Waals surface area (Å²) in [4.78, 5) is 12.9. The van der Waals surface area contributed by atoms with Crippen LogP contribution in [0, 0.1) is 0 Å². The van der Waals surface area contributed by atoms with Crippen LogP contribution in [0.2, 0.25) is 0 Å². The van der Waals surface area contributed by atoms with Crippen molar-refractivity contribution in [3.05, 3.63) is 84.4 Å². The molecule has 0 saturated carbocycles. The van der Waals surface area contributed by atoms with Crippen LogP contribution in [0.25, 0.3) is 0 Å². The zero-order valence-electron chi connectivity index (χ0n) is 16.9. The van der Waals surface area contributed by atoms with E-state index in [9.17, 15) is 13.2 Å². The molecular formula is C23H24N2O4S. The van der Waals surface area contributed by atoms with Crippen molar-refractivity contribution < 1.29 is 17.9 Å². The number of anilines is 2. The lowest BCUT2D eigenvalue weighted by Gasteiger charge is -2.23. The van der Waals surface area contributed by atoms with Gasteiger partial charge in [0.25, 0.3) is 15.9 Å². The maximum atomic E-state index is 13.0. The Kier molecular flexibility index (Phi) is 6.74. The van der Waals surface area contributed by atoms with Crippen molar-refractivity contribution in [3.8, 4) is 5.75 Å². The summed E-state index contributed by atoms with van der Waals surface area (Å²) in [6.45, 7) is 4.40. The number of para-hydroxylation sites is 2. The molecule has 3 rings (SSSR count). The smallest absolute Gasteiger partial charge is 0.264 e. The molecule has 0 spiro atoms. The van der Waals surface area contributed by atoms with Crippen molar-refractivity contribution in [2.24, 2.45) is 0 Å².